The molecule has 0 saturated heterocycles. The summed E-state index contributed by atoms with van der Waals surface area (Å²) in [6.07, 6.45) is 62.3. The fraction of sp³-hybridized carbons (Fsp3) is 0.638. The molecule has 0 aromatic carbocycles. The maximum absolute atomic E-state index is 12.3. The Morgan fingerprint density at radius 3 is 1.35 bits per heavy atom. The van der Waals surface area contributed by atoms with E-state index in [0.717, 1.165) is 57.8 Å². The van der Waals surface area contributed by atoms with Crippen molar-refractivity contribution in [2.75, 3.05) is 6.61 Å². The molecule has 0 rings (SSSR count). The molecule has 3 N–H and O–H groups in total. The smallest absolute Gasteiger partial charge is 0.220 e. The third-order valence-corrected chi connectivity index (χ3v) is 8.81. The average molecular weight is 706 g/mol. The molecule has 290 valence electrons. The van der Waals surface area contributed by atoms with Gasteiger partial charge in [-0.25, -0.2) is 0 Å². The summed E-state index contributed by atoms with van der Waals surface area (Å²) in [5.41, 5.74) is 0. The van der Waals surface area contributed by atoms with Gasteiger partial charge in [0, 0.05) is 6.42 Å². The molecule has 0 bridgehead atoms. The molecular formula is C47H79NO3. The minimum Gasteiger partial charge on any atom is -0.394 e. The lowest BCUT2D eigenvalue weighted by atomic mass is 10.0. The van der Waals surface area contributed by atoms with E-state index in [9.17, 15) is 15.0 Å². The van der Waals surface area contributed by atoms with Gasteiger partial charge in [-0.2, -0.15) is 0 Å². The van der Waals surface area contributed by atoms with Crippen molar-refractivity contribution in [1.29, 1.82) is 0 Å². The molecule has 0 saturated carbocycles. The number of allylic oxidation sites excluding steroid dienone is 15. The molecular weight excluding hydrogens is 627 g/mol. The number of unbranched alkanes of at least 4 members (excludes halogenated alkanes) is 15. The second-order valence-electron chi connectivity index (χ2n) is 13.7. The minimum absolute atomic E-state index is 0.160. The van der Waals surface area contributed by atoms with Gasteiger partial charge >= 0.3 is 0 Å². The van der Waals surface area contributed by atoms with Crippen molar-refractivity contribution in [1.82, 2.24) is 5.32 Å². The van der Waals surface area contributed by atoms with Gasteiger partial charge < -0.3 is 15.5 Å². The number of rotatable bonds is 36. The summed E-state index contributed by atoms with van der Waals surface area (Å²) in [5, 5.41) is 22.9. The number of amides is 1. The van der Waals surface area contributed by atoms with E-state index >= 15 is 0 Å². The van der Waals surface area contributed by atoms with Crippen molar-refractivity contribution >= 4 is 5.91 Å². The van der Waals surface area contributed by atoms with Crippen molar-refractivity contribution in [3.05, 3.63) is 97.2 Å². The van der Waals surface area contributed by atoms with Gasteiger partial charge in [-0.3, -0.25) is 4.79 Å². The third kappa shape index (κ3) is 38.4. The van der Waals surface area contributed by atoms with Crippen LogP contribution in [0.25, 0.3) is 0 Å². The number of carbonyl (C=O) groups is 1. The molecule has 0 aliphatic carbocycles. The number of hydrogen-bond donors (Lipinski definition) is 3. The molecule has 0 aromatic heterocycles. The molecule has 0 radical (unpaired) electrons. The normalized spacial score (nSPS) is 14.0. The van der Waals surface area contributed by atoms with Gasteiger partial charge in [-0.15, -0.1) is 0 Å². The summed E-state index contributed by atoms with van der Waals surface area (Å²) in [6, 6.07) is -0.685. The number of carbonyl (C=O) groups excluding carboxylic acids is 1. The second kappa shape index (κ2) is 41.7. The van der Waals surface area contributed by atoms with E-state index in [-0.39, 0.29) is 12.5 Å². The van der Waals surface area contributed by atoms with E-state index in [4.69, 9.17) is 0 Å². The summed E-state index contributed by atoms with van der Waals surface area (Å²) >= 11 is 0. The van der Waals surface area contributed by atoms with Gasteiger partial charge in [0.1, 0.15) is 0 Å². The van der Waals surface area contributed by atoms with Crippen molar-refractivity contribution < 1.29 is 15.0 Å². The number of nitrogens with one attached hydrogen (secondary N) is 1. The highest BCUT2D eigenvalue weighted by Crippen LogP contribution is 2.13. The van der Waals surface area contributed by atoms with E-state index < -0.39 is 12.1 Å². The Morgan fingerprint density at radius 1 is 0.490 bits per heavy atom. The number of aliphatic hydroxyl groups is 2. The van der Waals surface area contributed by atoms with E-state index in [1.807, 2.05) is 12.2 Å². The van der Waals surface area contributed by atoms with Gasteiger partial charge in [0.15, 0.2) is 0 Å². The first-order valence-corrected chi connectivity index (χ1v) is 21.0. The topological polar surface area (TPSA) is 69.6 Å². The van der Waals surface area contributed by atoms with Crippen LogP contribution in [0.1, 0.15) is 174 Å². The Morgan fingerprint density at radius 2 is 0.882 bits per heavy atom. The largest absolute Gasteiger partial charge is 0.394 e. The van der Waals surface area contributed by atoms with E-state index in [1.54, 1.807) is 6.08 Å². The highest BCUT2D eigenvalue weighted by atomic mass is 16.3. The quantitative estimate of drug-likeness (QED) is 0.0449. The Hall–Kier alpha value is -2.69. The predicted octanol–water partition coefficient (Wildman–Crippen LogP) is 13.1. The predicted molar refractivity (Wildman–Crippen MR) is 225 cm³/mol. The molecule has 0 spiro atoms. The lowest BCUT2D eigenvalue weighted by Gasteiger charge is -2.19. The Bertz CT molecular complexity index is 983. The van der Waals surface area contributed by atoms with Crippen molar-refractivity contribution in [3.63, 3.8) is 0 Å². The van der Waals surface area contributed by atoms with Gasteiger partial charge in [-0.05, 0) is 70.6 Å². The first-order valence-electron chi connectivity index (χ1n) is 21.0. The lowest BCUT2D eigenvalue weighted by Crippen LogP contribution is -2.45. The number of hydrogen-bond acceptors (Lipinski definition) is 3. The maximum Gasteiger partial charge on any atom is 0.220 e. The summed E-state index contributed by atoms with van der Waals surface area (Å²) in [6.45, 7) is 4.14. The van der Waals surface area contributed by atoms with E-state index in [0.29, 0.717) is 12.8 Å². The lowest BCUT2D eigenvalue weighted by molar-refractivity contribution is -0.122. The summed E-state index contributed by atoms with van der Waals surface area (Å²) < 4.78 is 0. The molecule has 1 amide bonds. The highest BCUT2D eigenvalue weighted by Gasteiger charge is 2.17. The van der Waals surface area contributed by atoms with Crippen molar-refractivity contribution in [3.8, 4) is 0 Å². The molecule has 0 heterocycles. The van der Waals surface area contributed by atoms with Crippen LogP contribution in [0.3, 0.4) is 0 Å². The second-order valence-corrected chi connectivity index (χ2v) is 13.7. The van der Waals surface area contributed by atoms with Crippen molar-refractivity contribution in [2.24, 2.45) is 0 Å². The van der Waals surface area contributed by atoms with Crippen LogP contribution in [0.4, 0.5) is 0 Å². The third-order valence-electron chi connectivity index (χ3n) is 8.81. The zero-order valence-corrected chi connectivity index (χ0v) is 33.1. The van der Waals surface area contributed by atoms with E-state index in [2.05, 4.69) is 98.2 Å². The zero-order chi connectivity index (χ0) is 37.1. The SMILES string of the molecule is CC/C=C\C/C=C\C/C=C\C/C=C\C/C=C\C/C=C\CCC(=O)NC(CO)C(O)/C=C/CC/C=C/CCCCCCCCCCCCCCCC. The summed E-state index contributed by atoms with van der Waals surface area (Å²) in [4.78, 5) is 12.3. The van der Waals surface area contributed by atoms with Gasteiger partial charge in [0.05, 0.1) is 18.8 Å². The fourth-order valence-corrected chi connectivity index (χ4v) is 5.63. The van der Waals surface area contributed by atoms with Crippen LogP contribution in [0.5, 0.6) is 0 Å². The van der Waals surface area contributed by atoms with Crippen LogP contribution in [0.15, 0.2) is 97.2 Å². The van der Waals surface area contributed by atoms with Crippen LogP contribution in [0.2, 0.25) is 0 Å². The molecule has 0 aromatic rings. The summed E-state index contributed by atoms with van der Waals surface area (Å²) in [7, 11) is 0. The Kier molecular flexibility index (Phi) is 39.5. The molecule has 4 nitrogen and oxygen atoms in total. The first kappa shape index (κ1) is 48.3. The molecule has 0 aliphatic rings. The molecule has 4 heteroatoms. The van der Waals surface area contributed by atoms with Crippen LogP contribution < -0.4 is 5.32 Å². The monoisotopic (exact) mass is 706 g/mol. The standard InChI is InChI=1S/C47H79NO3/c1-3-5-7-9-11-13-15-17-19-21-23-25-26-28-30-32-34-36-38-40-42-46(50)45(44-49)48-47(51)43-41-39-37-35-33-31-29-27-24-22-20-18-16-14-12-10-8-6-4-2/h6,8,12,14,18,20,24,27,31-34,37,39-40,42,45-46,49-50H,3-5,7,9-11,13,15-17,19,21-23,25-26,28-30,35-36,38,41,43-44H2,1-2H3,(H,48,51)/b8-6-,14-12-,20-18-,27-24-,33-31-,34-32+,39-37-,42-40+. The summed E-state index contributed by atoms with van der Waals surface area (Å²) in [5.74, 6) is -0.160. The van der Waals surface area contributed by atoms with Gasteiger partial charge in [0.25, 0.3) is 0 Å². The fourth-order valence-electron chi connectivity index (χ4n) is 5.63. The van der Waals surface area contributed by atoms with Crippen molar-refractivity contribution in [2.45, 2.75) is 187 Å². The van der Waals surface area contributed by atoms with Crippen LogP contribution in [-0.4, -0.2) is 34.9 Å². The zero-order valence-electron chi connectivity index (χ0n) is 33.1. The molecule has 2 atom stereocenters. The number of aliphatic hydroxyl groups excluding tert-OH is 2. The molecule has 51 heavy (non-hydrogen) atoms. The molecule has 2 unspecified atom stereocenters. The minimum atomic E-state index is -0.899. The Balaban J connectivity index is 3.79. The van der Waals surface area contributed by atoms with E-state index in [1.165, 1.54) is 89.9 Å². The average Bonchev–Trinajstić information content (AvgIpc) is 3.13. The maximum atomic E-state index is 12.3. The molecule has 0 aliphatic heterocycles. The van der Waals surface area contributed by atoms with Crippen LogP contribution in [0, 0.1) is 0 Å². The first-order chi connectivity index (χ1) is 25.2. The van der Waals surface area contributed by atoms with Crippen LogP contribution in [-0.2, 0) is 4.79 Å². The highest BCUT2D eigenvalue weighted by molar-refractivity contribution is 5.76. The van der Waals surface area contributed by atoms with Gasteiger partial charge in [0.2, 0.25) is 5.91 Å². The molecule has 0 fully saturated rings. The van der Waals surface area contributed by atoms with Crippen LogP contribution >= 0.6 is 0 Å². The Labute approximate surface area is 315 Å². The van der Waals surface area contributed by atoms with Gasteiger partial charge in [-0.1, -0.05) is 195 Å².